The smallest absolute Gasteiger partial charge is 0.256 e. The summed E-state index contributed by atoms with van der Waals surface area (Å²) in [6.07, 6.45) is 1.94. The highest BCUT2D eigenvalue weighted by Crippen LogP contribution is 2.23. The number of anilines is 1. The SMILES string of the molecule is CSc1ccccc1C(=O)Nc1cccc(C)c1C(N)=S. The summed E-state index contributed by atoms with van der Waals surface area (Å²) < 4.78 is 0. The molecule has 2 aromatic carbocycles. The van der Waals surface area contributed by atoms with Gasteiger partial charge in [-0.25, -0.2) is 0 Å². The summed E-state index contributed by atoms with van der Waals surface area (Å²) in [7, 11) is 0. The Morgan fingerprint density at radius 3 is 2.57 bits per heavy atom. The Morgan fingerprint density at radius 1 is 1.19 bits per heavy atom. The maximum absolute atomic E-state index is 12.5. The van der Waals surface area contributed by atoms with Crippen LogP contribution in [0, 0.1) is 6.92 Å². The van der Waals surface area contributed by atoms with Crippen LogP contribution >= 0.6 is 24.0 Å². The molecule has 0 spiro atoms. The van der Waals surface area contributed by atoms with Crippen molar-refractivity contribution in [3.8, 4) is 0 Å². The normalized spacial score (nSPS) is 10.2. The molecule has 0 aliphatic rings. The van der Waals surface area contributed by atoms with E-state index in [1.165, 1.54) is 11.8 Å². The fraction of sp³-hybridized carbons (Fsp3) is 0.125. The van der Waals surface area contributed by atoms with Gasteiger partial charge in [-0.15, -0.1) is 11.8 Å². The number of amides is 1. The lowest BCUT2D eigenvalue weighted by Gasteiger charge is -2.13. The first kappa shape index (κ1) is 15.5. The molecule has 2 rings (SSSR count). The van der Waals surface area contributed by atoms with Crippen molar-refractivity contribution >= 4 is 40.6 Å². The summed E-state index contributed by atoms with van der Waals surface area (Å²) in [5, 5.41) is 2.90. The Bertz CT molecular complexity index is 698. The third kappa shape index (κ3) is 3.43. The van der Waals surface area contributed by atoms with Crippen molar-refractivity contribution < 1.29 is 4.79 Å². The van der Waals surface area contributed by atoms with E-state index in [1.807, 2.05) is 43.5 Å². The van der Waals surface area contributed by atoms with Crippen molar-refractivity contribution in [2.45, 2.75) is 11.8 Å². The highest BCUT2D eigenvalue weighted by atomic mass is 32.2. The number of thiocarbonyl (C=S) groups is 1. The minimum atomic E-state index is -0.164. The molecule has 2 aromatic rings. The molecule has 0 aliphatic heterocycles. The molecule has 0 aliphatic carbocycles. The van der Waals surface area contributed by atoms with Crippen LogP contribution in [-0.4, -0.2) is 17.2 Å². The van der Waals surface area contributed by atoms with E-state index in [2.05, 4.69) is 5.32 Å². The molecular weight excluding hydrogens is 300 g/mol. The van der Waals surface area contributed by atoms with E-state index in [-0.39, 0.29) is 10.9 Å². The minimum absolute atomic E-state index is 0.164. The van der Waals surface area contributed by atoms with Gasteiger partial charge in [0.1, 0.15) is 4.99 Å². The Morgan fingerprint density at radius 2 is 1.90 bits per heavy atom. The first-order chi connectivity index (χ1) is 10.0. The lowest BCUT2D eigenvalue weighted by Crippen LogP contribution is -2.19. The molecule has 3 nitrogen and oxygen atoms in total. The van der Waals surface area contributed by atoms with E-state index in [9.17, 15) is 4.79 Å². The summed E-state index contributed by atoms with van der Waals surface area (Å²) in [6, 6.07) is 13.1. The zero-order valence-electron chi connectivity index (χ0n) is 11.8. The molecule has 0 saturated heterocycles. The molecule has 0 fully saturated rings. The van der Waals surface area contributed by atoms with Crippen molar-refractivity contribution in [3.63, 3.8) is 0 Å². The predicted octanol–water partition coefficient (Wildman–Crippen LogP) is 3.60. The Balaban J connectivity index is 2.37. The van der Waals surface area contributed by atoms with Gasteiger partial charge in [0.05, 0.1) is 11.3 Å². The van der Waals surface area contributed by atoms with Crippen LogP contribution in [0.1, 0.15) is 21.5 Å². The van der Waals surface area contributed by atoms with Gasteiger partial charge in [-0.2, -0.15) is 0 Å². The van der Waals surface area contributed by atoms with E-state index >= 15 is 0 Å². The summed E-state index contributed by atoms with van der Waals surface area (Å²) in [5.74, 6) is -0.164. The highest BCUT2D eigenvalue weighted by molar-refractivity contribution is 7.98. The van der Waals surface area contributed by atoms with Gasteiger partial charge in [-0.05, 0) is 36.9 Å². The standard InChI is InChI=1S/C16H16N2OS2/c1-10-6-5-8-12(14(10)15(17)20)18-16(19)11-7-3-4-9-13(11)21-2/h3-9H,1-2H3,(H2,17,20)(H,18,19). The molecule has 5 heteroatoms. The molecule has 0 bridgehead atoms. The summed E-state index contributed by atoms with van der Waals surface area (Å²) >= 11 is 6.61. The molecule has 3 N–H and O–H groups in total. The summed E-state index contributed by atoms with van der Waals surface area (Å²) in [6.45, 7) is 1.92. The number of carbonyl (C=O) groups is 1. The van der Waals surface area contributed by atoms with Crippen LogP contribution in [-0.2, 0) is 0 Å². The van der Waals surface area contributed by atoms with Gasteiger partial charge in [0.15, 0.2) is 0 Å². The predicted molar refractivity (Wildman–Crippen MR) is 93.2 cm³/mol. The Kier molecular flexibility index (Phi) is 4.98. The van der Waals surface area contributed by atoms with Crippen LogP contribution in [0.2, 0.25) is 0 Å². The first-order valence-electron chi connectivity index (χ1n) is 6.38. The van der Waals surface area contributed by atoms with Gasteiger partial charge < -0.3 is 11.1 Å². The van der Waals surface area contributed by atoms with Crippen molar-refractivity contribution in [3.05, 3.63) is 59.2 Å². The topological polar surface area (TPSA) is 55.1 Å². The second-order valence-electron chi connectivity index (χ2n) is 4.52. The van der Waals surface area contributed by atoms with E-state index in [0.29, 0.717) is 16.8 Å². The van der Waals surface area contributed by atoms with Crippen LogP contribution < -0.4 is 11.1 Å². The van der Waals surface area contributed by atoms with Gasteiger partial charge in [-0.3, -0.25) is 4.79 Å². The number of carbonyl (C=O) groups excluding carboxylic acids is 1. The number of nitrogens with one attached hydrogen (secondary N) is 1. The molecule has 1 amide bonds. The average molecular weight is 316 g/mol. The van der Waals surface area contributed by atoms with Gasteiger partial charge in [0.2, 0.25) is 0 Å². The average Bonchev–Trinajstić information content (AvgIpc) is 2.46. The van der Waals surface area contributed by atoms with E-state index < -0.39 is 0 Å². The highest BCUT2D eigenvalue weighted by Gasteiger charge is 2.14. The lowest BCUT2D eigenvalue weighted by molar-refractivity contribution is 0.102. The first-order valence-corrected chi connectivity index (χ1v) is 8.01. The zero-order valence-corrected chi connectivity index (χ0v) is 13.5. The number of rotatable bonds is 4. The van der Waals surface area contributed by atoms with E-state index in [4.69, 9.17) is 18.0 Å². The third-order valence-corrected chi connectivity index (χ3v) is 4.12. The van der Waals surface area contributed by atoms with Crippen molar-refractivity contribution in [1.29, 1.82) is 0 Å². The van der Waals surface area contributed by atoms with Crippen LogP contribution in [0.5, 0.6) is 0 Å². The van der Waals surface area contributed by atoms with Crippen molar-refractivity contribution in [1.82, 2.24) is 0 Å². The minimum Gasteiger partial charge on any atom is -0.389 e. The number of nitrogens with two attached hydrogens (primary N) is 1. The quantitative estimate of drug-likeness (QED) is 0.668. The van der Waals surface area contributed by atoms with Crippen LogP contribution in [0.3, 0.4) is 0 Å². The number of benzene rings is 2. The lowest BCUT2D eigenvalue weighted by atomic mass is 10.1. The molecular formula is C16H16N2OS2. The molecule has 0 radical (unpaired) electrons. The second-order valence-corrected chi connectivity index (χ2v) is 5.80. The molecule has 0 saturated carbocycles. The van der Waals surface area contributed by atoms with E-state index in [0.717, 1.165) is 10.5 Å². The maximum atomic E-state index is 12.5. The monoisotopic (exact) mass is 316 g/mol. The number of aryl methyl sites for hydroxylation is 1. The zero-order chi connectivity index (χ0) is 15.4. The van der Waals surface area contributed by atoms with Crippen molar-refractivity contribution in [2.75, 3.05) is 11.6 Å². The maximum Gasteiger partial charge on any atom is 0.256 e. The van der Waals surface area contributed by atoms with Gasteiger partial charge >= 0.3 is 0 Å². The van der Waals surface area contributed by atoms with Crippen LogP contribution in [0.25, 0.3) is 0 Å². The van der Waals surface area contributed by atoms with Gasteiger partial charge in [0.25, 0.3) is 5.91 Å². The van der Waals surface area contributed by atoms with Gasteiger partial charge in [-0.1, -0.05) is 36.5 Å². The number of thioether (sulfide) groups is 1. The molecule has 0 heterocycles. The summed E-state index contributed by atoms with van der Waals surface area (Å²) in [5.41, 5.74) is 8.70. The Labute approximate surface area is 133 Å². The van der Waals surface area contributed by atoms with Crippen LogP contribution in [0.4, 0.5) is 5.69 Å². The molecule has 0 atom stereocenters. The van der Waals surface area contributed by atoms with Gasteiger partial charge in [0, 0.05) is 10.5 Å². The molecule has 0 unspecified atom stereocenters. The van der Waals surface area contributed by atoms with Crippen molar-refractivity contribution in [2.24, 2.45) is 5.73 Å². The largest absolute Gasteiger partial charge is 0.389 e. The number of hydrogen-bond acceptors (Lipinski definition) is 3. The Hall–Kier alpha value is -1.85. The fourth-order valence-electron chi connectivity index (χ4n) is 2.12. The van der Waals surface area contributed by atoms with Crippen LogP contribution in [0.15, 0.2) is 47.4 Å². The third-order valence-electron chi connectivity index (χ3n) is 3.12. The fourth-order valence-corrected chi connectivity index (χ4v) is 2.99. The molecule has 21 heavy (non-hydrogen) atoms. The summed E-state index contributed by atoms with van der Waals surface area (Å²) in [4.78, 5) is 13.7. The second kappa shape index (κ2) is 6.74. The number of hydrogen-bond donors (Lipinski definition) is 2. The van der Waals surface area contributed by atoms with E-state index in [1.54, 1.807) is 12.1 Å². The molecule has 108 valence electrons. The molecule has 0 aromatic heterocycles.